The van der Waals surface area contributed by atoms with Crippen LogP contribution in [0.4, 0.5) is 5.69 Å². The third-order valence-corrected chi connectivity index (χ3v) is 2.70. The molecule has 21 heavy (non-hydrogen) atoms. The average Bonchev–Trinajstić information content (AvgIpc) is 2.98. The molecule has 3 N–H and O–H groups in total. The van der Waals surface area contributed by atoms with Crippen molar-refractivity contribution in [3.05, 3.63) is 34.8 Å². The Morgan fingerprint density at radius 2 is 2.38 bits per heavy atom. The number of carbonyl (C=O) groups excluding carboxylic acids is 1. The Morgan fingerprint density at radius 3 is 3.05 bits per heavy atom. The van der Waals surface area contributed by atoms with E-state index >= 15 is 0 Å². The minimum absolute atomic E-state index is 0.00101. The van der Waals surface area contributed by atoms with E-state index < -0.39 is 5.56 Å². The van der Waals surface area contributed by atoms with Gasteiger partial charge in [0, 0.05) is 13.7 Å². The minimum Gasteiger partial charge on any atom is -0.463 e. The maximum atomic E-state index is 11.9. The molecular formula is C13H16N4O4. The molecule has 0 saturated carbocycles. The van der Waals surface area contributed by atoms with Gasteiger partial charge in [0.25, 0.3) is 5.56 Å². The maximum Gasteiger partial charge on any atom is 0.290 e. The van der Waals surface area contributed by atoms with E-state index in [4.69, 9.17) is 14.9 Å². The van der Waals surface area contributed by atoms with Crippen molar-refractivity contribution in [3.8, 4) is 11.5 Å². The summed E-state index contributed by atoms with van der Waals surface area (Å²) < 4.78 is 11.0. The van der Waals surface area contributed by atoms with E-state index in [1.165, 1.54) is 19.4 Å². The number of rotatable bonds is 6. The van der Waals surface area contributed by atoms with Crippen molar-refractivity contribution >= 4 is 11.6 Å². The van der Waals surface area contributed by atoms with E-state index in [1.54, 1.807) is 12.1 Å². The number of hydrogen-bond acceptors (Lipinski definition) is 6. The van der Waals surface area contributed by atoms with Gasteiger partial charge in [-0.2, -0.15) is 5.10 Å². The largest absolute Gasteiger partial charge is 0.463 e. The van der Waals surface area contributed by atoms with Crippen LogP contribution in [-0.2, 0) is 16.1 Å². The molecule has 0 unspecified atom stereocenters. The molecule has 0 saturated heterocycles. The second kappa shape index (κ2) is 6.71. The van der Waals surface area contributed by atoms with Crippen molar-refractivity contribution < 1.29 is 13.9 Å². The number of methoxy groups -OCH3 is 1. The first-order chi connectivity index (χ1) is 10.1. The number of anilines is 1. The highest BCUT2D eigenvalue weighted by molar-refractivity contribution is 5.75. The molecule has 0 atom stereocenters. The van der Waals surface area contributed by atoms with E-state index in [1.807, 2.05) is 0 Å². The fraction of sp³-hybridized carbons (Fsp3) is 0.308. The van der Waals surface area contributed by atoms with Crippen molar-refractivity contribution in [2.24, 2.45) is 0 Å². The van der Waals surface area contributed by atoms with Crippen LogP contribution in [0.1, 0.15) is 0 Å². The average molecular weight is 292 g/mol. The van der Waals surface area contributed by atoms with Crippen molar-refractivity contribution in [2.75, 3.05) is 26.0 Å². The SMILES string of the molecule is COCCNC(=O)Cn1nc(-c2ccco2)cc(N)c1=O. The lowest BCUT2D eigenvalue weighted by Crippen LogP contribution is -2.35. The van der Waals surface area contributed by atoms with Gasteiger partial charge in [-0.05, 0) is 18.2 Å². The van der Waals surface area contributed by atoms with E-state index in [9.17, 15) is 9.59 Å². The number of aromatic nitrogens is 2. The predicted octanol–water partition coefficient (Wildman–Crippen LogP) is -0.152. The normalized spacial score (nSPS) is 10.5. The van der Waals surface area contributed by atoms with Crippen LogP contribution in [0.5, 0.6) is 0 Å². The highest BCUT2D eigenvalue weighted by Crippen LogP contribution is 2.17. The van der Waals surface area contributed by atoms with Crippen LogP contribution in [0.15, 0.2) is 33.7 Å². The van der Waals surface area contributed by atoms with Gasteiger partial charge < -0.3 is 20.2 Å². The Balaban J connectivity index is 2.19. The fourth-order valence-corrected chi connectivity index (χ4v) is 1.70. The van der Waals surface area contributed by atoms with E-state index in [-0.39, 0.29) is 18.1 Å². The number of hydrogen-bond donors (Lipinski definition) is 2. The summed E-state index contributed by atoms with van der Waals surface area (Å²) in [4.78, 5) is 23.6. The first kappa shape index (κ1) is 14.8. The number of amides is 1. The van der Waals surface area contributed by atoms with Gasteiger partial charge in [0.1, 0.15) is 17.9 Å². The van der Waals surface area contributed by atoms with Gasteiger partial charge >= 0.3 is 0 Å². The van der Waals surface area contributed by atoms with Gasteiger partial charge in [0.2, 0.25) is 5.91 Å². The number of nitrogens with zero attached hydrogens (tertiary/aromatic N) is 2. The summed E-state index contributed by atoms with van der Waals surface area (Å²) in [5.41, 5.74) is 5.53. The summed E-state index contributed by atoms with van der Waals surface area (Å²) in [5.74, 6) is 0.118. The monoisotopic (exact) mass is 292 g/mol. The van der Waals surface area contributed by atoms with Gasteiger partial charge in [0.05, 0.1) is 12.9 Å². The zero-order chi connectivity index (χ0) is 15.2. The second-order valence-electron chi connectivity index (χ2n) is 4.27. The van der Waals surface area contributed by atoms with Crippen LogP contribution < -0.4 is 16.6 Å². The first-order valence-corrected chi connectivity index (χ1v) is 6.29. The predicted molar refractivity (Wildman–Crippen MR) is 75.5 cm³/mol. The summed E-state index contributed by atoms with van der Waals surface area (Å²) in [6.07, 6.45) is 1.49. The number of nitrogens with two attached hydrogens (primary N) is 1. The van der Waals surface area contributed by atoms with Crippen LogP contribution in [0.3, 0.4) is 0 Å². The molecule has 2 heterocycles. The molecule has 1 amide bonds. The second-order valence-corrected chi connectivity index (χ2v) is 4.27. The van der Waals surface area contributed by atoms with Crippen LogP contribution >= 0.6 is 0 Å². The smallest absolute Gasteiger partial charge is 0.290 e. The number of nitrogens with one attached hydrogen (secondary N) is 1. The molecule has 0 radical (unpaired) electrons. The van der Waals surface area contributed by atoms with Crippen LogP contribution in [0.25, 0.3) is 11.5 Å². The fourth-order valence-electron chi connectivity index (χ4n) is 1.70. The Bertz CT molecular complexity index is 663. The molecule has 0 spiro atoms. The molecule has 0 bridgehead atoms. The molecular weight excluding hydrogens is 276 g/mol. The van der Waals surface area contributed by atoms with Crippen LogP contribution in [0.2, 0.25) is 0 Å². The molecule has 2 rings (SSSR count). The molecule has 8 nitrogen and oxygen atoms in total. The lowest BCUT2D eigenvalue weighted by Gasteiger charge is -2.08. The van der Waals surface area contributed by atoms with Crippen molar-refractivity contribution in [1.82, 2.24) is 15.1 Å². The molecule has 8 heteroatoms. The summed E-state index contributed by atoms with van der Waals surface area (Å²) >= 11 is 0. The van der Waals surface area contributed by atoms with E-state index in [0.29, 0.717) is 24.6 Å². The zero-order valence-electron chi connectivity index (χ0n) is 11.5. The van der Waals surface area contributed by atoms with E-state index in [0.717, 1.165) is 4.68 Å². The highest BCUT2D eigenvalue weighted by atomic mass is 16.5. The van der Waals surface area contributed by atoms with Crippen molar-refractivity contribution in [2.45, 2.75) is 6.54 Å². The highest BCUT2D eigenvalue weighted by Gasteiger charge is 2.12. The zero-order valence-corrected chi connectivity index (χ0v) is 11.5. The van der Waals surface area contributed by atoms with Crippen molar-refractivity contribution in [3.63, 3.8) is 0 Å². The van der Waals surface area contributed by atoms with Gasteiger partial charge in [-0.1, -0.05) is 0 Å². The topological polar surface area (TPSA) is 112 Å². The quantitative estimate of drug-likeness (QED) is 0.716. The van der Waals surface area contributed by atoms with Crippen LogP contribution in [0, 0.1) is 0 Å². The molecule has 0 aliphatic heterocycles. The third-order valence-electron chi connectivity index (χ3n) is 2.70. The molecule has 0 fully saturated rings. The summed E-state index contributed by atoms with van der Waals surface area (Å²) in [6, 6.07) is 4.80. The minimum atomic E-state index is -0.521. The van der Waals surface area contributed by atoms with Gasteiger partial charge in [0.15, 0.2) is 5.76 Å². The first-order valence-electron chi connectivity index (χ1n) is 6.29. The van der Waals surface area contributed by atoms with Gasteiger partial charge in [-0.15, -0.1) is 0 Å². The summed E-state index contributed by atoms with van der Waals surface area (Å²) in [7, 11) is 1.53. The Kier molecular flexibility index (Phi) is 4.72. The number of ether oxygens (including phenoxy) is 1. The van der Waals surface area contributed by atoms with E-state index in [2.05, 4.69) is 10.4 Å². The Labute approximate surface area is 120 Å². The van der Waals surface area contributed by atoms with Gasteiger partial charge in [-0.25, -0.2) is 4.68 Å². The van der Waals surface area contributed by atoms with Gasteiger partial charge in [-0.3, -0.25) is 9.59 Å². The Hall–Kier alpha value is -2.61. The standard InChI is InChI=1S/C13H16N4O4/c1-20-6-4-15-12(18)8-17-13(19)9(14)7-10(16-17)11-3-2-5-21-11/h2-3,5,7H,4,6,8,14H2,1H3,(H,15,18). The number of furan rings is 1. The third kappa shape index (κ3) is 3.69. The molecule has 0 aliphatic carbocycles. The molecule has 2 aromatic rings. The lowest BCUT2D eigenvalue weighted by molar-refractivity contribution is -0.122. The summed E-state index contributed by atoms with van der Waals surface area (Å²) in [6.45, 7) is 0.529. The maximum absolute atomic E-state index is 11.9. The lowest BCUT2D eigenvalue weighted by atomic mass is 10.3. The van der Waals surface area contributed by atoms with Crippen molar-refractivity contribution in [1.29, 1.82) is 0 Å². The molecule has 2 aromatic heterocycles. The Morgan fingerprint density at radius 1 is 1.57 bits per heavy atom. The molecule has 0 aromatic carbocycles. The number of nitrogen functional groups attached to an aromatic ring is 1. The summed E-state index contributed by atoms with van der Waals surface area (Å²) in [5, 5.41) is 6.69. The molecule has 0 aliphatic rings. The molecule has 112 valence electrons. The number of carbonyl (C=O) groups is 1. The van der Waals surface area contributed by atoms with Crippen LogP contribution in [-0.4, -0.2) is 35.9 Å².